The molecule has 1 saturated carbocycles. The molecule has 3 amide bonds. The van der Waals surface area contributed by atoms with Crippen LogP contribution in [0.5, 0.6) is 5.75 Å². The van der Waals surface area contributed by atoms with E-state index >= 15 is 0 Å². The number of halogens is 2. The molecule has 0 bridgehead atoms. The summed E-state index contributed by atoms with van der Waals surface area (Å²) in [6, 6.07) is 7.14. The third-order valence-electron chi connectivity index (χ3n) is 5.58. The molecular formula is C21H19F2N5O3. The number of nitrogens with zero attached hydrogens (tertiary/aromatic N) is 2. The lowest BCUT2D eigenvalue weighted by Gasteiger charge is -2.23. The molecule has 1 aliphatic carbocycles. The minimum Gasteiger partial charge on any atom is -0.497 e. The van der Waals surface area contributed by atoms with Crippen LogP contribution in [0.25, 0.3) is 0 Å². The first kappa shape index (κ1) is 20.5. The average Bonchev–Trinajstić information content (AvgIpc) is 3.46. The maximum Gasteiger partial charge on any atom is 0.316 e. The van der Waals surface area contributed by atoms with Crippen LogP contribution in [-0.2, 0) is 10.3 Å². The number of rotatable bonds is 5. The Hall–Kier alpha value is -3.74. The predicted molar refractivity (Wildman–Crippen MR) is 104 cm³/mol. The van der Waals surface area contributed by atoms with Crippen molar-refractivity contribution < 1.29 is 23.1 Å². The molecule has 160 valence electrons. The molecule has 2 aliphatic rings. The molecule has 8 nitrogen and oxygen atoms in total. The monoisotopic (exact) mass is 427 g/mol. The Morgan fingerprint density at radius 3 is 2.65 bits per heavy atom. The van der Waals surface area contributed by atoms with E-state index in [-0.39, 0.29) is 23.6 Å². The van der Waals surface area contributed by atoms with Gasteiger partial charge >= 0.3 is 6.03 Å². The number of ether oxygens (including phenoxy) is 1. The van der Waals surface area contributed by atoms with Gasteiger partial charge in [0.15, 0.2) is 0 Å². The molecule has 0 unspecified atom stereocenters. The number of hydrogen-bond donors (Lipinski definition) is 3. The molecule has 1 aromatic heterocycles. The highest BCUT2D eigenvalue weighted by Crippen LogP contribution is 2.44. The van der Waals surface area contributed by atoms with Crippen molar-refractivity contribution in [1.82, 2.24) is 20.9 Å². The Morgan fingerprint density at radius 2 is 2.03 bits per heavy atom. The smallest absolute Gasteiger partial charge is 0.316 e. The number of carbonyl (C=O) groups excluding carboxylic acids is 2. The summed E-state index contributed by atoms with van der Waals surface area (Å²) in [5.41, 5.74) is -0.264. The average molecular weight is 427 g/mol. The van der Waals surface area contributed by atoms with Crippen LogP contribution < -0.4 is 20.7 Å². The van der Waals surface area contributed by atoms with E-state index < -0.39 is 41.1 Å². The fraction of sp³-hybridized carbons (Fsp3) is 0.333. The maximum atomic E-state index is 14.5. The highest BCUT2D eigenvalue weighted by molar-refractivity contribution is 5.90. The Kier molecular flexibility index (Phi) is 5.19. The highest BCUT2D eigenvalue weighted by atomic mass is 19.1. The summed E-state index contributed by atoms with van der Waals surface area (Å²) >= 11 is 0. The fourth-order valence-electron chi connectivity index (χ4n) is 3.82. The van der Waals surface area contributed by atoms with Gasteiger partial charge in [0, 0.05) is 30.2 Å². The van der Waals surface area contributed by atoms with Crippen molar-refractivity contribution in [3.63, 3.8) is 0 Å². The molecule has 0 spiro atoms. The summed E-state index contributed by atoms with van der Waals surface area (Å²) < 4.78 is 33.9. The molecular weight excluding hydrogens is 408 g/mol. The van der Waals surface area contributed by atoms with Gasteiger partial charge in [0.05, 0.1) is 18.3 Å². The number of amides is 3. The molecule has 4 rings (SSSR count). The first-order chi connectivity index (χ1) is 14.9. The summed E-state index contributed by atoms with van der Waals surface area (Å²) in [6.07, 6.45) is 1.23. The summed E-state index contributed by atoms with van der Waals surface area (Å²) in [7, 11) is 1.29. The van der Waals surface area contributed by atoms with Crippen molar-refractivity contribution in [3.8, 4) is 11.8 Å². The zero-order valence-electron chi connectivity index (χ0n) is 16.5. The lowest BCUT2D eigenvalue weighted by molar-refractivity contribution is -0.120. The van der Waals surface area contributed by atoms with E-state index in [1.54, 1.807) is 18.2 Å². The van der Waals surface area contributed by atoms with E-state index in [0.29, 0.717) is 18.5 Å². The number of nitriles is 1. The van der Waals surface area contributed by atoms with Gasteiger partial charge in [0.2, 0.25) is 5.91 Å². The molecule has 1 aliphatic heterocycles. The van der Waals surface area contributed by atoms with Crippen molar-refractivity contribution in [2.24, 2.45) is 0 Å². The Labute approximate surface area is 176 Å². The molecule has 3 N–H and O–H groups in total. The summed E-state index contributed by atoms with van der Waals surface area (Å²) in [6.45, 7) is -0.0269. The van der Waals surface area contributed by atoms with Gasteiger partial charge in [-0.2, -0.15) is 5.26 Å². The lowest BCUT2D eigenvalue weighted by atomic mass is 9.93. The molecule has 2 atom stereocenters. The number of urea groups is 1. The molecule has 2 heterocycles. The van der Waals surface area contributed by atoms with Crippen molar-refractivity contribution in [3.05, 3.63) is 58.9 Å². The first-order valence-electron chi connectivity index (χ1n) is 9.64. The number of nitrogens with one attached hydrogen (secondary N) is 3. The van der Waals surface area contributed by atoms with Gasteiger partial charge < -0.3 is 20.7 Å². The minimum absolute atomic E-state index is 0.0149. The van der Waals surface area contributed by atoms with Crippen molar-refractivity contribution >= 4 is 11.9 Å². The van der Waals surface area contributed by atoms with Crippen LogP contribution in [0.3, 0.4) is 0 Å². The maximum absolute atomic E-state index is 14.5. The molecule has 10 heteroatoms. The number of carbonyl (C=O) groups is 2. The molecule has 0 radical (unpaired) electrons. The second kappa shape index (κ2) is 7.83. The number of aromatic nitrogens is 1. The standard InChI is InChI=1S/C21H19F2N5O3/c1-31-12-7-14(22)17(15(23)8-12)13-10-25-19(29)18(13)27-20(30)28-21(5-6-21)16-4-2-3-11(9-24)26-16/h2-4,7-8,13,18H,5-6,10H2,1H3,(H,25,29)(H2,27,28,30)/t13-,18-/m0/s1. The second-order valence-corrected chi connectivity index (χ2v) is 7.53. The number of benzene rings is 1. The van der Waals surface area contributed by atoms with Crippen LogP contribution in [-0.4, -0.2) is 36.6 Å². The molecule has 2 fully saturated rings. The minimum atomic E-state index is -1.16. The summed E-state index contributed by atoms with van der Waals surface area (Å²) in [5.74, 6) is -3.17. The summed E-state index contributed by atoms with van der Waals surface area (Å²) in [4.78, 5) is 29.2. The van der Waals surface area contributed by atoms with Crippen molar-refractivity contribution in [1.29, 1.82) is 5.26 Å². The zero-order valence-corrected chi connectivity index (χ0v) is 16.5. The van der Waals surface area contributed by atoms with E-state index in [2.05, 4.69) is 20.9 Å². The number of pyridine rings is 1. The van der Waals surface area contributed by atoms with Gasteiger partial charge in [-0.05, 0) is 25.0 Å². The molecule has 1 saturated heterocycles. The van der Waals surface area contributed by atoms with E-state index in [1.807, 2.05) is 6.07 Å². The Bertz CT molecular complexity index is 1070. The van der Waals surface area contributed by atoms with Gasteiger partial charge in [-0.1, -0.05) is 6.07 Å². The number of hydrogen-bond acceptors (Lipinski definition) is 5. The second-order valence-electron chi connectivity index (χ2n) is 7.53. The zero-order chi connectivity index (χ0) is 22.2. The van der Waals surface area contributed by atoms with Crippen LogP contribution >= 0.6 is 0 Å². The van der Waals surface area contributed by atoms with Crippen LogP contribution in [0.15, 0.2) is 30.3 Å². The van der Waals surface area contributed by atoms with Crippen LogP contribution in [0.1, 0.15) is 35.7 Å². The first-order valence-corrected chi connectivity index (χ1v) is 9.64. The van der Waals surface area contributed by atoms with Gasteiger partial charge in [-0.25, -0.2) is 18.6 Å². The largest absolute Gasteiger partial charge is 0.497 e. The van der Waals surface area contributed by atoms with E-state index in [9.17, 15) is 18.4 Å². The quantitative estimate of drug-likeness (QED) is 0.673. The fourth-order valence-corrected chi connectivity index (χ4v) is 3.82. The van der Waals surface area contributed by atoms with E-state index in [4.69, 9.17) is 10.00 Å². The van der Waals surface area contributed by atoms with Gasteiger partial charge in [0.1, 0.15) is 35.2 Å². The molecule has 1 aromatic carbocycles. The van der Waals surface area contributed by atoms with Crippen molar-refractivity contribution in [2.75, 3.05) is 13.7 Å². The number of methoxy groups -OCH3 is 1. The third-order valence-corrected chi connectivity index (χ3v) is 5.58. The van der Waals surface area contributed by atoms with Crippen LogP contribution in [0.2, 0.25) is 0 Å². The van der Waals surface area contributed by atoms with Gasteiger partial charge in [0.25, 0.3) is 0 Å². The van der Waals surface area contributed by atoms with Crippen LogP contribution in [0.4, 0.5) is 13.6 Å². The SMILES string of the molecule is COc1cc(F)c([C@@H]2CNC(=O)[C@H]2NC(=O)NC2(c3cccc(C#N)n3)CC2)c(F)c1. The topological polar surface area (TPSA) is 116 Å². The Balaban J connectivity index is 1.52. The van der Waals surface area contributed by atoms with Gasteiger partial charge in [-0.15, -0.1) is 0 Å². The Morgan fingerprint density at radius 1 is 1.32 bits per heavy atom. The normalized spacial score (nSPS) is 21.0. The van der Waals surface area contributed by atoms with Crippen molar-refractivity contribution in [2.45, 2.75) is 30.3 Å². The van der Waals surface area contributed by atoms with E-state index in [1.165, 1.54) is 7.11 Å². The summed E-state index contributed by atoms with van der Waals surface area (Å²) in [5, 5.41) is 16.9. The lowest BCUT2D eigenvalue weighted by Crippen LogP contribution is -2.50. The van der Waals surface area contributed by atoms with Gasteiger partial charge in [-0.3, -0.25) is 4.79 Å². The predicted octanol–water partition coefficient (Wildman–Crippen LogP) is 1.81. The van der Waals surface area contributed by atoms with Crippen LogP contribution in [0, 0.1) is 23.0 Å². The molecule has 31 heavy (non-hydrogen) atoms. The highest BCUT2D eigenvalue weighted by Gasteiger charge is 2.48. The van der Waals surface area contributed by atoms with E-state index in [0.717, 1.165) is 12.1 Å². The third kappa shape index (κ3) is 3.86. The molecule has 2 aromatic rings.